The van der Waals surface area contributed by atoms with Gasteiger partial charge in [-0.3, -0.25) is 4.79 Å². The van der Waals surface area contributed by atoms with Crippen LogP contribution in [0, 0.1) is 5.92 Å². The normalized spacial score (nSPS) is 14.2. The van der Waals surface area contributed by atoms with Crippen LogP contribution in [0.5, 0.6) is 11.5 Å². The molecule has 144 valence electrons. The summed E-state index contributed by atoms with van der Waals surface area (Å²) < 4.78 is 45.8. The maximum absolute atomic E-state index is 13.5. The van der Waals surface area contributed by atoms with Crippen molar-refractivity contribution < 1.29 is 27.8 Å². The van der Waals surface area contributed by atoms with E-state index in [4.69, 9.17) is 10.5 Å². The Morgan fingerprint density at radius 2 is 1.74 bits per heavy atom. The molecule has 0 aromatic heterocycles. The summed E-state index contributed by atoms with van der Waals surface area (Å²) in [7, 11) is 0. The molecule has 27 heavy (non-hydrogen) atoms. The second kappa shape index (κ2) is 7.60. The van der Waals surface area contributed by atoms with Crippen molar-refractivity contribution in [2.45, 2.75) is 38.6 Å². The van der Waals surface area contributed by atoms with Gasteiger partial charge in [0, 0.05) is 13.0 Å². The zero-order valence-corrected chi connectivity index (χ0v) is 14.6. The third-order valence-corrected chi connectivity index (χ3v) is 4.55. The number of nitrogens with two attached hydrogens (primary N) is 1. The molecule has 1 fully saturated rings. The zero-order valence-electron chi connectivity index (χ0n) is 14.6. The average molecular weight is 379 g/mol. The minimum atomic E-state index is -4.85. The number of carbonyl (C=O) groups excluding carboxylic acids is 1. The number of phenolic OH excluding ortho intramolecular Hbond substituents is 1. The monoisotopic (exact) mass is 379 g/mol. The quantitative estimate of drug-likeness (QED) is 0.698. The van der Waals surface area contributed by atoms with E-state index in [1.165, 1.54) is 6.07 Å². The van der Waals surface area contributed by atoms with Crippen molar-refractivity contribution in [2.75, 3.05) is 0 Å². The molecule has 3 N–H and O–H groups in total. The number of benzene rings is 2. The van der Waals surface area contributed by atoms with Crippen LogP contribution in [0.3, 0.4) is 0 Å². The fourth-order valence-corrected chi connectivity index (χ4v) is 2.82. The maximum atomic E-state index is 13.5. The van der Waals surface area contributed by atoms with Crippen molar-refractivity contribution in [3.8, 4) is 11.5 Å². The number of ketones is 1. The number of halogens is 3. The number of rotatable bonds is 7. The van der Waals surface area contributed by atoms with Gasteiger partial charge in [-0.25, -0.2) is 0 Å². The number of carbonyl (C=O) groups is 1. The lowest BCUT2D eigenvalue weighted by molar-refractivity contribution is -0.140. The Morgan fingerprint density at radius 3 is 2.30 bits per heavy atom. The summed E-state index contributed by atoms with van der Waals surface area (Å²) >= 11 is 0. The zero-order chi connectivity index (χ0) is 19.6. The molecule has 0 heterocycles. The van der Waals surface area contributed by atoms with Crippen LogP contribution in [0.1, 0.15) is 46.3 Å². The molecule has 1 saturated carbocycles. The van der Waals surface area contributed by atoms with E-state index >= 15 is 0 Å². The van der Waals surface area contributed by atoms with E-state index in [0.29, 0.717) is 12.1 Å². The van der Waals surface area contributed by atoms with Crippen LogP contribution in [0.4, 0.5) is 13.2 Å². The molecule has 1 aliphatic rings. The van der Waals surface area contributed by atoms with Gasteiger partial charge in [0.2, 0.25) is 0 Å². The molecule has 1 aliphatic carbocycles. The molecular formula is C20H20F3NO3. The highest BCUT2D eigenvalue weighted by Crippen LogP contribution is 2.45. The van der Waals surface area contributed by atoms with Crippen LogP contribution < -0.4 is 10.5 Å². The molecular weight excluding hydrogens is 359 g/mol. The third kappa shape index (κ3) is 4.60. The SMILES string of the molecule is NCc1ccc(COc2ccc(C(=O)CC3CC3)c(O)c2C(F)(F)F)cc1. The Hall–Kier alpha value is -2.54. The van der Waals surface area contributed by atoms with Crippen molar-refractivity contribution in [3.05, 3.63) is 58.7 Å². The molecule has 2 aromatic carbocycles. The maximum Gasteiger partial charge on any atom is 0.423 e. The minimum Gasteiger partial charge on any atom is -0.506 e. The summed E-state index contributed by atoms with van der Waals surface area (Å²) in [6.45, 7) is 0.256. The lowest BCUT2D eigenvalue weighted by Gasteiger charge is -2.17. The molecule has 2 aromatic rings. The number of aromatic hydroxyl groups is 1. The van der Waals surface area contributed by atoms with E-state index < -0.39 is 29.0 Å². The molecule has 0 bridgehead atoms. The van der Waals surface area contributed by atoms with E-state index in [9.17, 15) is 23.1 Å². The summed E-state index contributed by atoms with van der Waals surface area (Å²) in [5, 5.41) is 10.1. The van der Waals surface area contributed by atoms with E-state index in [1.54, 1.807) is 24.3 Å². The average Bonchev–Trinajstić information content (AvgIpc) is 3.43. The van der Waals surface area contributed by atoms with Gasteiger partial charge in [0.15, 0.2) is 5.78 Å². The predicted octanol–water partition coefficient (Wildman–Crippen LogP) is 4.43. The largest absolute Gasteiger partial charge is 0.506 e. The van der Waals surface area contributed by atoms with E-state index in [-0.39, 0.29) is 24.5 Å². The standard InChI is InChI=1S/C20H20F3NO3/c21-20(22,23)18-17(27-11-14-5-3-13(10-24)4-6-14)8-7-15(19(18)26)16(25)9-12-1-2-12/h3-8,12,26H,1-2,9-11,24H2. The van der Waals surface area contributed by atoms with E-state index in [1.807, 2.05) is 0 Å². The van der Waals surface area contributed by atoms with Gasteiger partial charge in [-0.1, -0.05) is 24.3 Å². The fourth-order valence-electron chi connectivity index (χ4n) is 2.82. The summed E-state index contributed by atoms with van der Waals surface area (Å²) in [6, 6.07) is 9.24. The molecule has 0 spiro atoms. The lowest BCUT2D eigenvalue weighted by atomic mass is 10.0. The smallest absolute Gasteiger partial charge is 0.423 e. The van der Waals surface area contributed by atoms with Gasteiger partial charge in [0.1, 0.15) is 23.7 Å². The number of alkyl halides is 3. The van der Waals surface area contributed by atoms with E-state index in [0.717, 1.165) is 24.5 Å². The van der Waals surface area contributed by atoms with Crippen molar-refractivity contribution >= 4 is 5.78 Å². The van der Waals surface area contributed by atoms with Crippen LogP contribution in [0.2, 0.25) is 0 Å². The summed E-state index contributed by atoms with van der Waals surface area (Å²) in [5.41, 5.74) is 5.44. The highest BCUT2D eigenvalue weighted by atomic mass is 19.4. The molecule has 0 saturated heterocycles. The van der Waals surface area contributed by atoms with Crippen molar-refractivity contribution in [1.82, 2.24) is 0 Å². The number of Topliss-reactive ketones (excluding diaryl/α,β-unsaturated/α-hetero) is 1. The Bertz CT molecular complexity index is 828. The number of ether oxygens (including phenoxy) is 1. The molecule has 0 aliphatic heterocycles. The Kier molecular flexibility index (Phi) is 5.41. The second-order valence-corrected chi connectivity index (χ2v) is 6.71. The lowest BCUT2D eigenvalue weighted by Crippen LogP contribution is -2.12. The highest BCUT2D eigenvalue weighted by molar-refractivity contribution is 5.99. The van der Waals surface area contributed by atoms with Crippen molar-refractivity contribution in [1.29, 1.82) is 0 Å². The van der Waals surface area contributed by atoms with Gasteiger partial charge in [0.05, 0.1) is 5.56 Å². The highest BCUT2D eigenvalue weighted by Gasteiger charge is 2.40. The van der Waals surface area contributed by atoms with Gasteiger partial charge < -0.3 is 15.6 Å². The molecule has 7 heteroatoms. The molecule has 0 amide bonds. The molecule has 0 radical (unpaired) electrons. The van der Waals surface area contributed by atoms with Gasteiger partial charge in [-0.15, -0.1) is 0 Å². The first-order chi connectivity index (χ1) is 12.8. The van der Waals surface area contributed by atoms with Crippen LogP contribution in [-0.2, 0) is 19.3 Å². The Morgan fingerprint density at radius 1 is 1.11 bits per heavy atom. The van der Waals surface area contributed by atoms with Gasteiger partial charge in [-0.05, 0) is 42.0 Å². The predicted molar refractivity (Wildman–Crippen MR) is 93.4 cm³/mol. The third-order valence-electron chi connectivity index (χ3n) is 4.55. The molecule has 4 nitrogen and oxygen atoms in total. The van der Waals surface area contributed by atoms with Gasteiger partial charge >= 0.3 is 6.18 Å². The van der Waals surface area contributed by atoms with E-state index in [2.05, 4.69) is 0 Å². The second-order valence-electron chi connectivity index (χ2n) is 6.71. The first kappa shape index (κ1) is 19.2. The van der Waals surface area contributed by atoms with Gasteiger partial charge in [-0.2, -0.15) is 13.2 Å². The number of hydrogen-bond donors (Lipinski definition) is 2. The number of hydrogen-bond acceptors (Lipinski definition) is 4. The van der Waals surface area contributed by atoms with Crippen molar-refractivity contribution in [2.24, 2.45) is 11.7 Å². The summed E-state index contributed by atoms with van der Waals surface area (Å²) in [6.07, 6.45) is -2.91. The van der Waals surface area contributed by atoms with Crippen LogP contribution in [-0.4, -0.2) is 10.9 Å². The Balaban J connectivity index is 1.84. The van der Waals surface area contributed by atoms with Gasteiger partial charge in [0.25, 0.3) is 0 Å². The molecule has 0 unspecified atom stereocenters. The minimum absolute atomic E-state index is 0.108. The number of phenols is 1. The summed E-state index contributed by atoms with van der Waals surface area (Å²) in [4.78, 5) is 12.2. The fraction of sp³-hybridized carbons (Fsp3) is 0.350. The Labute approximate surface area is 154 Å². The van der Waals surface area contributed by atoms with Crippen LogP contribution in [0.25, 0.3) is 0 Å². The van der Waals surface area contributed by atoms with Crippen molar-refractivity contribution in [3.63, 3.8) is 0 Å². The van der Waals surface area contributed by atoms with Crippen LogP contribution in [0.15, 0.2) is 36.4 Å². The van der Waals surface area contributed by atoms with Crippen LogP contribution >= 0.6 is 0 Å². The molecule has 0 atom stereocenters. The summed E-state index contributed by atoms with van der Waals surface area (Å²) in [5.74, 6) is -1.85. The molecule has 3 rings (SSSR count). The topological polar surface area (TPSA) is 72.5 Å². The first-order valence-electron chi connectivity index (χ1n) is 8.66. The first-order valence-corrected chi connectivity index (χ1v) is 8.66.